The fraction of sp³-hybridized carbons (Fsp3) is 0.200. The molecule has 0 saturated carbocycles. The third-order valence-electron chi connectivity index (χ3n) is 0.840. The van der Waals surface area contributed by atoms with Crippen molar-refractivity contribution in [3.8, 4) is 0 Å². The summed E-state index contributed by atoms with van der Waals surface area (Å²) in [5, 5.41) is 1.79. The van der Waals surface area contributed by atoms with E-state index < -0.39 is 0 Å². The van der Waals surface area contributed by atoms with Gasteiger partial charge >= 0.3 is 4.87 Å². The van der Waals surface area contributed by atoms with Gasteiger partial charge in [-0.15, -0.1) is 0 Å². The van der Waals surface area contributed by atoms with Crippen LogP contribution in [0.15, 0.2) is 10.2 Å². The van der Waals surface area contributed by atoms with Gasteiger partial charge in [-0.1, -0.05) is 11.3 Å². The molecule has 0 unspecified atom stereocenters. The molecular formula is C5H6NOS. The summed E-state index contributed by atoms with van der Waals surface area (Å²) in [6.07, 6.45) is 0.665. The van der Waals surface area contributed by atoms with Crippen molar-refractivity contribution >= 4 is 11.3 Å². The summed E-state index contributed by atoms with van der Waals surface area (Å²) >= 11 is 1.18. The molecule has 3 heteroatoms. The molecule has 0 saturated heterocycles. The Kier molecular flexibility index (Phi) is 1.48. The fourth-order valence-electron chi connectivity index (χ4n) is 0.436. The smallest absolute Gasteiger partial charge is 0.304 e. The number of aromatic amines is 1. The van der Waals surface area contributed by atoms with Gasteiger partial charge in [0.15, 0.2) is 0 Å². The second kappa shape index (κ2) is 2.13. The highest BCUT2D eigenvalue weighted by atomic mass is 32.1. The van der Waals surface area contributed by atoms with Gasteiger partial charge in [-0.25, -0.2) is 0 Å². The molecule has 0 bridgehead atoms. The van der Waals surface area contributed by atoms with E-state index in [4.69, 9.17) is 0 Å². The molecule has 0 aromatic carbocycles. The Balaban J connectivity index is 3.01. The number of hydrogen-bond acceptors (Lipinski definition) is 2. The van der Waals surface area contributed by atoms with E-state index in [1.165, 1.54) is 11.3 Å². The number of nitrogens with one attached hydrogen (secondary N) is 1. The van der Waals surface area contributed by atoms with Crippen LogP contribution in [0.4, 0.5) is 0 Å². The predicted molar refractivity (Wildman–Crippen MR) is 34.0 cm³/mol. The number of hydrogen-bond donors (Lipinski definition) is 1. The van der Waals surface area contributed by atoms with Gasteiger partial charge in [-0.2, -0.15) is 0 Å². The van der Waals surface area contributed by atoms with Crippen molar-refractivity contribution in [3.63, 3.8) is 0 Å². The van der Waals surface area contributed by atoms with Gasteiger partial charge in [0.05, 0.1) is 0 Å². The van der Waals surface area contributed by atoms with Crippen molar-refractivity contribution < 1.29 is 0 Å². The fourth-order valence-corrected chi connectivity index (χ4v) is 1.05. The van der Waals surface area contributed by atoms with Crippen LogP contribution in [0, 0.1) is 6.92 Å². The summed E-state index contributed by atoms with van der Waals surface area (Å²) in [6, 6.07) is 0. The molecule has 0 atom stereocenters. The Morgan fingerprint density at radius 3 is 2.88 bits per heavy atom. The zero-order chi connectivity index (χ0) is 5.98. The molecule has 1 rings (SSSR count). The van der Waals surface area contributed by atoms with Crippen LogP contribution in [-0.2, 0) is 6.42 Å². The minimum absolute atomic E-state index is 0.00338. The highest BCUT2D eigenvalue weighted by Gasteiger charge is 1.88. The quantitative estimate of drug-likeness (QED) is 0.596. The first kappa shape index (κ1) is 5.56. The Hall–Kier alpha value is -0.570. The molecule has 0 spiro atoms. The molecule has 0 aliphatic rings. The standard InChI is InChI=1S/C5H6NOS/c1-2-4-3-8-5(7)6-4/h3H,1-2H2,(H,6,7). The molecule has 1 radical (unpaired) electrons. The molecule has 8 heavy (non-hydrogen) atoms. The molecule has 1 aromatic heterocycles. The zero-order valence-corrected chi connectivity index (χ0v) is 5.12. The molecule has 0 fully saturated rings. The second-order valence-electron chi connectivity index (χ2n) is 1.42. The van der Waals surface area contributed by atoms with Crippen LogP contribution in [0.5, 0.6) is 0 Å². The summed E-state index contributed by atoms with van der Waals surface area (Å²) < 4.78 is 0. The van der Waals surface area contributed by atoms with Gasteiger partial charge in [-0.3, -0.25) is 4.79 Å². The number of thiazole rings is 1. The van der Waals surface area contributed by atoms with Gasteiger partial charge < -0.3 is 4.98 Å². The first-order valence-electron chi connectivity index (χ1n) is 2.29. The Labute approximate surface area is 51.2 Å². The summed E-state index contributed by atoms with van der Waals surface area (Å²) in [5.41, 5.74) is 0.917. The lowest BCUT2D eigenvalue weighted by Crippen LogP contribution is -1.93. The zero-order valence-electron chi connectivity index (χ0n) is 4.31. The number of rotatable bonds is 1. The third-order valence-corrected chi connectivity index (χ3v) is 1.56. The van der Waals surface area contributed by atoms with E-state index in [1.54, 1.807) is 5.38 Å². The van der Waals surface area contributed by atoms with Gasteiger partial charge in [0.1, 0.15) is 0 Å². The molecule has 0 amide bonds. The molecule has 43 valence electrons. The Morgan fingerprint density at radius 2 is 2.62 bits per heavy atom. The van der Waals surface area contributed by atoms with Crippen molar-refractivity contribution in [2.24, 2.45) is 0 Å². The van der Waals surface area contributed by atoms with Crippen LogP contribution in [-0.4, -0.2) is 4.98 Å². The first-order chi connectivity index (χ1) is 3.83. The summed E-state index contributed by atoms with van der Waals surface area (Å²) in [4.78, 5) is 13.0. The number of H-pyrrole nitrogens is 1. The lowest BCUT2D eigenvalue weighted by atomic mass is 10.4. The molecule has 1 aromatic rings. The largest absolute Gasteiger partial charge is 0.317 e. The van der Waals surface area contributed by atoms with E-state index in [9.17, 15) is 4.79 Å². The van der Waals surface area contributed by atoms with Crippen LogP contribution < -0.4 is 4.87 Å². The molecule has 2 nitrogen and oxygen atoms in total. The van der Waals surface area contributed by atoms with Crippen LogP contribution in [0.2, 0.25) is 0 Å². The van der Waals surface area contributed by atoms with Gasteiger partial charge in [0.25, 0.3) is 0 Å². The van der Waals surface area contributed by atoms with E-state index in [0.717, 1.165) is 5.69 Å². The maximum atomic E-state index is 10.4. The van der Waals surface area contributed by atoms with Crippen LogP contribution in [0.25, 0.3) is 0 Å². The summed E-state index contributed by atoms with van der Waals surface area (Å²) in [7, 11) is 0. The highest BCUT2D eigenvalue weighted by Crippen LogP contribution is 1.93. The molecule has 1 N–H and O–H groups in total. The van der Waals surface area contributed by atoms with Crippen LogP contribution >= 0.6 is 11.3 Å². The average Bonchev–Trinajstić information content (AvgIpc) is 2.14. The normalized spacial score (nSPS) is 9.62. The minimum Gasteiger partial charge on any atom is -0.317 e. The monoisotopic (exact) mass is 128 g/mol. The van der Waals surface area contributed by atoms with Crippen LogP contribution in [0.1, 0.15) is 5.69 Å². The van der Waals surface area contributed by atoms with E-state index in [0.29, 0.717) is 6.42 Å². The van der Waals surface area contributed by atoms with Crippen molar-refractivity contribution in [2.45, 2.75) is 6.42 Å². The Bertz CT molecular complexity index is 212. The Morgan fingerprint density at radius 1 is 1.88 bits per heavy atom. The first-order valence-corrected chi connectivity index (χ1v) is 3.17. The lowest BCUT2D eigenvalue weighted by molar-refractivity contribution is 1.13. The van der Waals surface area contributed by atoms with E-state index in [2.05, 4.69) is 11.9 Å². The van der Waals surface area contributed by atoms with Crippen molar-refractivity contribution in [1.82, 2.24) is 4.98 Å². The lowest BCUT2D eigenvalue weighted by Gasteiger charge is -1.79. The number of aromatic nitrogens is 1. The van der Waals surface area contributed by atoms with E-state index in [1.807, 2.05) is 0 Å². The maximum Gasteiger partial charge on any atom is 0.304 e. The topological polar surface area (TPSA) is 32.9 Å². The predicted octanol–water partition coefficient (Wildman–Crippen LogP) is 0.813. The summed E-state index contributed by atoms with van der Waals surface area (Å²) in [5.74, 6) is 0. The van der Waals surface area contributed by atoms with Crippen molar-refractivity contribution in [3.05, 3.63) is 27.7 Å². The van der Waals surface area contributed by atoms with Crippen molar-refractivity contribution in [1.29, 1.82) is 0 Å². The maximum absolute atomic E-state index is 10.4. The molecule has 0 aliphatic heterocycles. The average molecular weight is 128 g/mol. The van der Waals surface area contributed by atoms with E-state index >= 15 is 0 Å². The van der Waals surface area contributed by atoms with Gasteiger partial charge in [-0.05, 0) is 13.3 Å². The van der Waals surface area contributed by atoms with Crippen molar-refractivity contribution in [2.75, 3.05) is 0 Å². The third kappa shape index (κ3) is 0.980. The molecule has 0 aliphatic carbocycles. The second-order valence-corrected chi connectivity index (χ2v) is 2.27. The van der Waals surface area contributed by atoms with Crippen LogP contribution in [0.3, 0.4) is 0 Å². The SMILES string of the molecule is [CH2]Cc1csc(=O)[nH]1. The molecular weight excluding hydrogens is 122 g/mol. The minimum atomic E-state index is 0.00338. The summed E-state index contributed by atoms with van der Waals surface area (Å²) in [6.45, 7) is 3.61. The molecule has 1 heterocycles. The van der Waals surface area contributed by atoms with Gasteiger partial charge in [0.2, 0.25) is 0 Å². The van der Waals surface area contributed by atoms with E-state index in [-0.39, 0.29) is 4.87 Å². The van der Waals surface area contributed by atoms with Gasteiger partial charge in [0, 0.05) is 11.1 Å². The highest BCUT2D eigenvalue weighted by molar-refractivity contribution is 7.07.